The van der Waals surface area contributed by atoms with Crippen molar-refractivity contribution in [3.05, 3.63) is 44.7 Å². The summed E-state index contributed by atoms with van der Waals surface area (Å²) in [4.78, 5) is 35.7. The Balaban J connectivity index is 1.81. The Morgan fingerprint density at radius 1 is 1.26 bits per heavy atom. The second-order valence-corrected chi connectivity index (χ2v) is 11.1. The number of thiocarbonyl (C=S) groups is 1. The zero-order chi connectivity index (χ0) is 22.1. The van der Waals surface area contributed by atoms with Crippen LogP contribution in [0, 0.1) is 12.8 Å². The van der Waals surface area contributed by atoms with Gasteiger partial charge in [-0.3, -0.25) is 18.9 Å². The Hall–Kier alpha value is -1.84. The van der Waals surface area contributed by atoms with E-state index < -0.39 is 0 Å². The number of carbonyl (C=O) groups excluding carboxylic acids is 1. The third kappa shape index (κ3) is 4.54. The standard InChI is InChI=1S/C22H26N4O2S3/c1-14(2)6-8-26-21(28)17(31-22(26)29)13-16-19(24-9-11-30-12-10-24)23-18-15(3)5-4-7-25(18)20(16)27/h4-5,7,13-14H,6,8-12H2,1-3H3/b17-13-. The second kappa shape index (κ2) is 9.34. The molecule has 4 rings (SSSR count). The fraction of sp³-hybridized carbons (Fsp3) is 0.455. The summed E-state index contributed by atoms with van der Waals surface area (Å²) in [5.41, 5.74) is 1.90. The molecule has 164 valence electrons. The molecule has 0 spiro atoms. The summed E-state index contributed by atoms with van der Waals surface area (Å²) in [7, 11) is 0. The lowest BCUT2D eigenvalue weighted by molar-refractivity contribution is -0.122. The third-order valence-corrected chi connectivity index (χ3v) is 7.77. The van der Waals surface area contributed by atoms with Gasteiger partial charge in [-0.15, -0.1) is 0 Å². The number of amides is 1. The smallest absolute Gasteiger partial charge is 0.267 e. The van der Waals surface area contributed by atoms with Gasteiger partial charge in [0.15, 0.2) is 0 Å². The number of hydrogen-bond acceptors (Lipinski definition) is 7. The Morgan fingerprint density at radius 2 is 2.00 bits per heavy atom. The van der Waals surface area contributed by atoms with Crippen LogP contribution in [-0.2, 0) is 4.79 Å². The molecule has 0 radical (unpaired) electrons. The van der Waals surface area contributed by atoms with Gasteiger partial charge in [-0.25, -0.2) is 4.98 Å². The molecule has 2 aromatic heterocycles. The van der Waals surface area contributed by atoms with Crippen molar-refractivity contribution in [1.29, 1.82) is 0 Å². The van der Waals surface area contributed by atoms with Gasteiger partial charge in [0.05, 0.1) is 10.5 Å². The molecule has 0 bridgehead atoms. The molecule has 2 aliphatic rings. The van der Waals surface area contributed by atoms with Crippen molar-refractivity contribution in [1.82, 2.24) is 14.3 Å². The predicted octanol–water partition coefficient (Wildman–Crippen LogP) is 3.80. The molecule has 0 aliphatic carbocycles. The van der Waals surface area contributed by atoms with Crippen molar-refractivity contribution >= 4 is 63.5 Å². The monoisotopic (exact) mass is 474 g/mol. The van der Waals surface area contributed by atoms with Crippen LogP contribution in [0.3, 0.4) is 0 Å². The van der Waals surface area contributed by atoms with Crippen molar-refractivity contribution in [2.75, 3.05) is 36.0 Å². The first-order valence-electron chi connectivity index (χ1n) is 10.5. The van der Waals surface area contributed by atoms with Crippen LogP contribution in [0.25, 0.3) is 11.7 Å². The minimum absolute atomic E-state index is 0.121. The number of anilines is 1. The molecule has 4 heterocycles. The minimum atomic E-state index is -0.158. The summed E-state index contributed by atoms with van der Waals surface area (Å²) in [6, 6.07) is 3.80. The molecule has 0 saturated carbocycles. The van der Waals surface area contributed by atoms with Crippen LogP contribution in [0.5, 0.6) is 0 Å². The highest BCUT2D eigenvalue weighted by Gasteiger charge is 2.33. The van der Waals surface area contributed by atoms with Crippen molar-refractivity contribution in [3.63, 3.8) is 0 Å². The maximum absolute atomic E-state index is 13.5. The van der Waals surface area contributed by atoms with Crippen LogP contribution in [0.2, 0.25) is 0 Å². The van der Waals surface area contributed by atoms with E-state index in [1.807, 2.05) is 30.8 Å². The Morgan fingerprint density at radius 3 is 2.71 bits per heavy atom. The molecule has 0 atom stereocenters. The number of nitrogens with zero attached hydrogens (tertiary/aromatic N) is 4. The van der Waals surface area contributed by atoms with E-state index in [2.05, 4.69) is 18.7 Å². The van der Waals surface area contributed by atoms with Gasteiger partial charge in [-0.2, -0.15) is 11.8 Å². The number of thioether (sulfide) groups is 2. The molecule has 2 aliphatic heterocycles. The van der Waals surface area contributed by atoms with E-state index in [0.29, 0.717) is 38.7 Å². The number of hydrogen-bond donors (Lipinski definition) is 0. The van der Waals surface area contributed by atoms with E-state index in [9.17, 15) is 9.59 Å². The van der Waals surface area contributed by atoms with Crippen LogP contribution in [0.15, 0.2) is 28.0 Å². The van der Waals surface area contributed by atoms with Crippen LogP contribution < -0.4 is 10.5 Å². The van der Waals surface area contributed by atoms with Gasteiger partial charge < -0.3 is 4.90 Å². The van der Waals surface area contributed by atoms with Crippen molar-refractivity contribution in [2.45, 2.75) is 27.2 Å². The molecular formula is C22H26N4O2S3. The van der Waals surface area contributed by atoms with Crippen LogP contribution >= 0.6 is 35.7 Å². The SMILES string of the molecule is Cc1cccn2c(=O)c(/C=C3\SC(=S)N(CCC(C)C)C3=O)c(N3CCSCC3)nc12. The average molecular weight is 475 g/mol. The molecule has 2 aromatic rings. The highest BCUT2D eigenvalue weighted by atomic mass is 32.2. The summed E-state index contributed by atoms with van der Waals surface area (Å²) >= 11 is 8.64. The van der Waals surface area contributed by atoms with Gasteiger partial charge >= 0.3 is 0 Å². The van der Waals surface area contributed by atoms with Gasteiger partial charge in [-0.05, 0) is 37.0 Å². The molecule has 6 nitrogen and oxygen atoms in total. The van der Waals surface area contributed by atoms with Crippen LogP contribution in [0.1, 0.15) is 31.4 Å². The zero-order valence-corrected chi connectivity index (χ0v) is 20.4. The summed E-state index contributed by atoms with van der Waals surface area (Å²) in [6.45, 7) is 8.46. The summed E-state index contributed by atoms with van der Waals surface area (Å²) in [6.07, 6.45) is 4.32. The fourth-order valence-electron chi connectivity index (χ4n) is 3.65. The molecule has 2 saturated heterocycles. The highest BCUT2D eigenvalue weighted by Crippen LogP contribution is 2.34. The molecule has 0 N–H and O–H groups in total. The summed E-state index contributed by atoms with van der Waals surface area (Å²) < 4.78 is 2.13. The van der Waals surface area contributed by atoms with Gasteiger partial charge in [0.25, 0.3) is 11.5 Å². The first kappa shape index (κ1) is 22.4. The fourth-order valence-corrected chi connectivity index (χ4v) is 5.85. The largest absolute Gasteiger partial charge is 0.354 e. The van der Waals surface area contributed by atoms with E-state index in [4.69, 9.17) is 17.2 Å². The maximum Gasteiger partial charge on any atom is 0.267 e. The quantitative estimate of drug-likeness (QED) is 0.482. The number of rotatable bonds is 5. The lowest BCUT2D eigenvalue weighted by Crippen LogP contribution is -2.36. The molecule has 9 heteroatoms. The van der Waals surface area contributed by atoms with Crippen molar-refractivity contribution in [2.24, 2.45) is 5.92 Å². The first-order chi connectivity index (χ1) is 14.9. The van der Waals surface area contributed by atoms with Crippen molar-refractivity contribution < 1.29 is 4.79 Å². The van der Waals surface area contributed by atoms with Gasteiger partial charge in [-0.1, -0.05) is 43.9 Å². The second-order valence-electron chi connectivity index (χ2n) is 8.15. The summed E-state index contributed by atoms with van der Waals surface area (Å²) in [5, 5.41) is 0. The van der Waals surface area contributed by atoms with E-state index in [-0.39, 0.29) is 11.5 Å². The first-order valence-corrected chi connectivity index (χ1v) is 12.8. The van der Waals surface area contributed by atoms with Crippen LogP contribution in [0.4, 0.5) is 5.82 Å². The molecule has 0 unspecified atom stereocenters. The van der Waals surface area contributed by atoms with Crippen molar-refractivity contribution in [3.8, 4) is 0 Å². The van der Waals surface area contributed by atoms with E-state index in [1.54, 1.807) is 21.6 Å². The van der Waals surface area contributed by atoms with Gasteiger partial charge in [0.1, 0.15) is 15.8 Å². The Labute approximate surface area is 196 Å². The number of aromatic nitrogens is 2. The lowest BCUT2D eigenvalue weighted by Gasteiger charge is -2.29. The highest BCUT2D eigenvalue weighted by molar-refractivity contribution is 8.26. The average Bonchev–Trinajstić information content (AvgIpc) is 3.02. The summed E-state index contributed by atoms with van der Waals surface area (Å²) in [5.74, 6) is 3.00. The lowest BCUT2D eigenvalue weighted by atomic mass is 10.1. The molecular weight excluding hydrogens is 448 g/mol. The van der Waals surface area contributed by atoms with E-state index >= 15 is 0 Å². The Kier molecular flexibility index (Phi) is 6.74. The molecule has 1 amide bonds. The normalized spacial score (nSPS) is 18.8. The van der Waals surface area contributed by atoms with E-state index in [1.165, 1.54) is 11.8 Å². The van der Waals surface area contributed by atoms with Crippen LogP contribution in [-0.4, -0.2) is 55.7 Å². The number of pyridine rings is 1. The van der Waals surface area contributed by atoms with Gasteiger partial charge in [0, 0.05) is 37.3 Å². The predicted molar refractivity (Wildman–Crippen MR) is 135 cm³/mol. The topological polar surface area (TPSA) is 57.9 Å². The number of fused-ring (bicyclic) bond motifs is 1. The zero-order valence-electron chi connectivity index (χ0n) is 18.0. The minimum Gasteiger partial charge on any atom is -0.354 e. The number of carbonyl (C=O) groups is 1. The van der Waals surface area contributed by atoms with Gasteiger partial charge in [0.2, 0.25) is 0 Å². The third-order valence-electron chi connectivity index (χ3n) is 5.45. The van der Waals surface area contributed by atoms with E-state index in [0.717, 1.165) is 36.6 Å². The molecule has 0 aromatic carbocycles. The molecule has 2 fully saturated rings. The molecule has 31 heavy (non-hydrogen) atoms. The number of aryl methyl sites for hydroxylation is 1. The maximum atomic E-state index is 13.5. The Bertz CT molecular complexity index is 1120.